The van der Waals surface area contributed by atoms with Gasteiger partial charge in [0.2, 0.25) is 23.6 Å². The Kier molecular flexibility index (Phi) is 12.8. The van der Waals surface area contributed by atoms with Crippen LogP contribution in [0.25, 0.3) is 0 Å². The van der Waals surface area contributed by atoms with Gasteiger partial charge in [-0.25, -0.2) is 4.79 Å². The molecule has 0 aliphatic heterocycles. The van der Waals surface area contributed by atoms with E-state index in [4.69, 9.17) is 21.7 Å². The third kappa shape index (κ3) is 11.8. The van der Waals surface area contributed by atoms with Crippen molar-refractivity contribution in [2.24, 2.45) is 17.4 Å². The zero-order valence-electron chi connectivity index (χ0n) is 18.8. The van der Waals surface area contributed by atoms with Crippen LogP contribution in [0.5, 0.6) is 0 Å². The number of amides is 4. The molecular formula is C19H31N5O10. The van der Waals surface area contributed by atoms with E-state index in [1.807, 2.05) is 0 Å². The average molecular weight is 489 g/mol. The predicted molar refractivity (Wildman–Crippen MR) is 114 cm³/mol. The minimum atomic E-state index is -1.52. The van der Waals surface area contributed by atoms with Crippen LogP contribution in [-0.4, -0.2) is 81.0 Å². The zero-order chi connectivity index (χ0) is 26.6. The summed E-state index contributed by atoms with van der Waals surface area (Å²) in [5, 5.41) is 33.6. The van der Waals surface area contributed by atoms with Crippen molar-refractivity contribution in [1.29, 1.82) is 0 Å². The van der Waals surface area contributed by atoms with Gasteiger partial charge in [-0.3, -0.25) is 28.8 Å². The number of hydrogen-bond donors (Lipinski definition) is 8. The highest BCUT2D eigenvalue weighted by atomic mass is 16.4. The molecule has 0 fully saturated rings. The smallest absolute Gasteiger partial charge is 0.326 e. The average Bonchev–Trinajstić information content (AvgIpc) is 2.70. The lowest BCUT2D eigenvalue weighted by molar-refractivity contribution is -0.144. The van der Waals surface area contributed by atoms with E-state index in [-0.39, 0.29) is 12.8 Å². The molecule has 0 radical (unpaired) electrons. The topological polar surface area (TPSA) is 268 Å². The Balaban J connectivity index is 5.64. The normalized spacial score (nSPS) is 14.2. The number of nitrogens with one attached hydrogen (secondary N) is 3. The molecule has 10 N–H and O–H groups in total. The summed E-state index contributed by atoms with van der Waals surface area (Å²) in [4.78, 5) is 81.8. The fourth-order valence-corrected chi connectivity index (χ4v) is 2.69. The van der Waals surface area contributed by atoms with Crippen LogP contribution in [0.1, 0.15) is 46.0 Å². The van der Waals surface area contributed by atoms with E-state index in [1.165, 1.54) is 13.8 Å². The number of rotatable bonds is 16. The van der Waals surface area contributed by atoms with Crippen molar-refractivity contribution in [3.63, 3.8) is 0 Å². The van der Waals surface area contributed by atoms with Crippen molar-refractivity contribution in [3.8, 4) is 0 Å². The molecule has 0 spiro atoms. The minimum absolute atomic E-state index is 0.330. The van der Waals surface area contributed by atoms with Gasteiger partial charge in [0.15, 0.2) is 0 Å². The Labute approximate surface area is 194 Å². The van der Waals surface area contributed by atoms with Crippen LogP contribution in [0.4, 0.5) is 0 Å². The first-order valence-electron chi connectivity index (χ1n) is 10.3. The van der Waals surface area contributed by atoms with Crippen LogP contribution in [0.2, 0.25) is 0 Å². The number of primary amides is 1. The number of aliphatic carboxylic acids is 3. The molecule has 0 aliphatic carbocycles. The monoisotopic (exact) mass is 489 g/mol. The van der Waals surface area contributed by atoms with Gasteiger partial charge in [-0.2, -0.15) is 0 Å². The molecule has 0 aromatic carbocycles. The van der Waals surface area contributed by atoms with E-state index in [0.29, 0.717) is 0 Å². The standard InChI is InChI=1S/C19H31N5O10/c1-8(2)15(19(33)34)24-18(32)11(4-6-13(26)27)23-17(31)10(3-5-12(21)25)22-16(30)9(20)7-14(28)29/h8-11,15H,3-7,20H2,1-2H3,(H2,21,25)(H,22,30)(H,23,31)(H,24,32)(H,26,27)(H,28,29)(H,33,34). The molecule has 192 valence electrons. The first-order chi connectivity index (χ1) is 15.6. The lowest BCUT2D eigenvalue weighted by Gasteiger charge is -2.25. The van der Waals surface area contributed by atoms with Gasteiger partial charge in [-0.05, 0) is 18.8 Å². The van der Waals surface area contributed by atoms with Crippen LogP contribution in [-0.2, 0) is 33.6 Å². The van der Waals surface area contributed by atoms with Crippen LogP contribution in [0.3, 0.4) is 0 Å². The predicted octanol–water partition coefficient (Wildman–Crippen LogP) is -2.89. The van der Waals surface area contributed by atoms with Crippen molar-refractivity contribution in [3.05, 3.63) is 0 Å². The molecule has 15 heteroatoms. The van der Waals surface area contributed by atoms with Gasteiger partial charge in [0, 0.05) is 12.8 Å². The molecule has 4 unspecified atom stereocenters. The summed E-state index contributed by atoms with van der Waals surface area (Å²) in [6.45, 7) is 3.05. The van der Waals surface area contributed by atoms with E-state index >= 15 is 0 Å². The lowest BCUT2D eigenvalue weighted by Crippen LogP contribution is -2.57. The van der Waals surface area contributed by atoms with E-state index in [2.05, 4.69) is 16.0 Å². The number of carboxylic acid groups (broad SMARTS) is 3. The lowest BCUT2D eigenvalue weighted by atomic mass is 10.0. The van der Waals surface area contributed by atoms with Crippen LogP contribution >= 0.6 is 0 Å². The molecule has 0 rings (SSSR count). The zero-order valence-corrected chi connectivity index (χ0v) is 18.8. The molecule has 15 nitrogen and oxygen atoms in total. The van der Waals surface area contributed by atoms with Crippen molar-refractivity contribution >= 4 is 41.5 Å². The maximum atomic E-state index is 12.8. The summed E-state index contributed by atoms with van der Waals surface area (Å²) in [5.41, 5.74) is 10.5. The number of nitrogens with two attached hydrogens (primary N) is 2. The Bertz CT molecular complexity index is 800. The molecule has 4 amide bonds. The first kappa shape index (κ1) is 30.2. The number of carboxylic acids is 3. The Morgan fingerprint density at radius 1 is 0.735 bits per heavy atom. The molecule has 0 bridgehead atoms. The summed E-state index contributed by atoms with van der Waals surface area (Å²) in [7, 11) is 0. The number of carbonyl (C=O) groups excluding carboxylic acids is 4. The second-order valence-electron chi connectivity index (χ2n) is 7.83. The maximum absolute atomic E-state index is 12.8. The van der Waals surface area contributed by atoms with Gasteiger partial charge in [0.1, 0.15) is 18.1 Å². The molecule has 0 saturated heterocycles. The fourth-order valence-electron chi connectivity index (χ4n) is 2.69. The SMILES string of the molecule is CC(C)C(NC(=O)C(CCC(=O)O)NC(=O)C(CCC(N)=O)NC(=O)C(N)CC(=O)O)C(=O)O. The summed E-state index contributed by atoms with van der Waals surface area (Å²) in [5.74, 6) is -8.36. The Morgan fingerprint density at radius 3 is 1.62 bits per heavy atom. The van der Waals surface area contributed by atoms with Gasteiger partial charge >= 0.3 is 17.9 Å². The molecule has 34 heavy (non-hydrogen) atoms. The van der Waals surface area contributed by atoms with Gasteiger partial charge in [-0.1, -0.05) is 13.8 Å². The van der Waals surface area contributed by atoms with Crippen molar-refractivity contribution in [2.75, 3.05) is 0 Å². The third-order valence-electron chi connectivity index (χ3n) is 4.55. The fraction of sp³-hybridized carbons (Fsp3) is 0.632. The third-order valence-corrected chi connectivity index (χ3v) is 4.55. The van der Waals surface area contributed by atoms with E-state index in [1.54, 1.807) is 0 Å². The van der Waals surface area contributed by atoms with E-state index in [9.17, 15) is 38.7 Å². The molecule has 0 saturated carbocycles. The van der Waals surface area contributed by atoms with E-state index < -0.39 is 90.9 Å². The minimum Gasteiger partial charge on any atom is -0.481 e. The highest BCUT2D eigenvalue weighted by molar-refractivity contribution is 5.95. The first-order valence-corrected chi connectivity index (χ1v) is 10.3. The number of carbonyl (C=O) groups is 7. The van der Waals surface area contributed by atoms with Gasteiger partial charge in [0.25, 0.3) is 0 Å². The van der Waals surface area contributed by atoms with Gasteiger partial charge in [-0.15, -0.1) is 0 Å². The molecule has 0 heterocycles. The second kappa shape index (κ2) is 14.4. The van der Waals surface area contributed by atoms with Crippen LogP contribution in [0, 0.1) is 5.92 Å². The molecule has 0 aliphatic rings. The highest BCUT2D eigenvalue weighted by Crippen LogP contribution is 2.07. The summed E-state index contributed by atoms with van der Waals surface area (Å²) in [6, 6.07) is -5.81. The van der Waals surface area contributed by atoms with Crippen LogP contribution in [0.15, 0.2) is 0 Å². The summed E-state index contributed by atoms with van der Waals surface area (Å²) >= 11 is 0. The molecule has 4 atom stereocenters. The molecule has 0 aromatic rings. The second-order valence-corrected chi connectivity index (χ2v) is 7.83. The summed E-state index contributed by atoms with van der Waals surface area (Å²) in [6.07, 6.45) is -2.41. The van der Waals surface area contributed by atoms with Crippen molar-refractivity contribution < 1.29 is 48.9 Å². The summed E-state index contributed by atoms with van der Waals surface area (Å²) < 4.78 is 0. The van der Waals surface area contributed by atoms with E-state index in [0.717, 1.165) is 0 Å². The molecule has 0 aromatic heterocycles. The molecular weight excluding hydrogens is 458 g/mol. The quantitative estimate of drug-likeness (QED) is 0.109. The van der Waals surface area contributed by atoms with Crippen LogP contribution < -0.4 is 27.4 Å². The maximum Gasteiger partial charge on any atom is 0.326 e. The Hall–Kier alpha value is -3.75. The van der Waals surface area contributed by atoms with Gasteiger partial charge < -0.3 is 42.7 Å². The number of hydrogen-bond acceptors (Lipinski definition) is 8. The van der Waals surface area contributed by atoms with Crippen molar-refractivity contribution in [2.45, 2.75) is 70.1 Å². The Morgan fingerprint density at radius 2 is 1.21 bits per heavy atom. The van der Waals surface area contributed by atoms with Crippen molar-refractivity contribution in [1.82, 2.24) is 16.0 Å². The largest absolute Gasteiger partial charge is 0.481 e. The highest BCUT2D eigenvalue weighted by Gasteiger charge is 2.32. The van der Waals surface area contributed by atoms with Gasteiger partial charge in [0.05, 0.1) is 12.5 Å².